The zero-order valence-corrected chi connectivity index (χ0v) is 16.0. The van der Waals surface area contributed by atoms with E-state index in [1.165, 1.54) is 6.20 Å². The minimum atomic E-state index is -0.568. The molecule has 0 radical (unpaired) electrons. The van der Waals surface area contributed by atoms with Crippen LogP contribution in [0.25, 0.3) is 0 Å². The lowest BCUT2D eigenvalue weighted by Gasteiger charge is -2.19. The molecule has 3 N–H and O–H groups in total. The van der Waals surface area contributed by atoms with Gasteiger partial charge in [0.2, 0.25) is 0 Å². The predicted octanol–water partition coefficient (Wildman–Crippen LogP) is 3.11. The molecule has 0 atom stereocenters. The Balaban J connectivity index is 2.50. The fourth-order valence-electron chi connectivity index (χ4n) is 1.79. The van der Waals surface area contributed by atoms with Gasteiger partial charge in [-0.3, -0.25) is 4.79 Å². The van der Waals surface area contributed by atoms with Gasteiger partial charge in [-0.1, -0.05) is 17.7 Å². The average molecular weight is 379 g/mol. The number of ether oxygens (including phenoxy) is 1. The first-order chi connectivity index (χ1) is 12.1. The van der Waals surface area contributed by atoms with Crippen LogP contribution in [-0.2, 0) is 9.53 Å². The molecule has 0 fully saturated rings. The van der Waals surface area contributed by atoms with Gasteiger partial charge in [0.1, 0.15) is 17.2 Å². The maximum Gasteiger partial charge on any atom is 0.407 e. The van der Waals surface area contributed by atoms with Crippen molar-refractivity contribution < 1.29 is 14.3 Å². The van der Waals surface area contributed by atoms with E-state index in [4.69, 9.17) is 21.6 Å². The first-order valence-corrected chi connectivity index (χ1v) is 8.38. The van der Waals surface area contributed by atoms with Crippen LogP contribution in [-0.4, -0.2) is 30.7 Å². The van der Waals surface area contributed by atoms with Crippen molar-refractivity contribution in [3.63, 3.8) is 0 Å². The van der Waals surface area contributed by atoms with Gasteiger partial charge in [-0.05, 0) is 45.4 Å². The summed E-state index contributed by atoms with van der Waals surface area (Å²) in [5.74, 6) is -0.550. The van der Waals surface area contributed by atoms with Crippen molar-refractivity contribution in [2.24, 2.45) is 0 Å². The summed E-state index contributed by atoms with van der Waals surface area (Å²) in [6, 6.07) is 6.93. The third-order valence-corrected chi connectivity index (χ3v) is 3.23. The summed E-state index contributed by atoms with van der Waals surface area (Å²) in [5, 5.41) is 17.6. The number of nitriles is 1. The number of halogens is 1. The number of benzene rings is 1. The molecule has 26 heavy (non-hydrogen) atoms. The molecule has 1 aromatic carbocycles. The number of hydrogen-bond donors (Lipinski definition) is 3. The van der Waals surface area contributed by atoms with Crippen LogP contribution in [0.1, 0.15) is 26.3 Å². The van der Waals surface area contributed by atoms with E-state index < -0.39 is 17.6 Å². The van der Waals surface area contributed by atoms with E-state index in [-0.39, 0.29) is 12.1 Å². The quantitative estimate of drug-likeness (QED) is 0.401. The number of nitrogens with zero attached hydrogens (tertiary/aromatic N) is 1. The topological polar surface area (TPSA) is 103 Å². The Kier molecular flexibility index (Phi) is 7.94. The second kappa shape index (κ2) is 9.68. The van der Waals surface area contributed by atoms with Crippen LogP contribution >= 0.6 is 11.6 Å². The minimum Gasteiger partial charge on any atom is -0.444 e. The third kappa shape index (κ3) is 7.90. The smallest absolute Gasteiger partial charge is 0.407 e. The number of rotatable bonds is 6. The van der Waals surface area contributed by atoms with Gasteiger partial charge in [0, 0.05) is 30.0 Å². The Morgan fingerprint density at radius 1 is 1.31 bits per heavy atom. The summed E-state index contributed by atoms with van der Waals surface area (Å²) in [6.07, 6.45) is 0.768. The highest BCUT2D eigenvalue weighted by atomic mass is 35.5. The molecule has 7 nitrogen and oxygen atoms in total. The number of carbonyl (C=O) groups excluding carboxylic acids is 2. The fraction of sp³-hybridized carbons (Fsp3) is 0.389. The van der Waals surface area contributed by atoms with Crippen molar-refractivity contribution in [1.82, 2.24) is 10.6 Å². The van der Waals surface area contributed by atoms with Gasteiger partial charge in [-0.25, -0.2) is 4.79 Å². The summed E-state index contributed by atoms with van der Waals surface area (Å²) in [7, 11) is 0. The highest BCUT2D eigenvalue weighted by Gasteiger charge is 2.15. The van der Waals surface area contributed by atoms with Gasteiger partial charge in [0.05, 0.1) is 0 Å². The molecule has 140 valence electrons. The van der Waals surface area contributed by atoms with Crippen LogP contribution in [0.2, 0.25) is 5.02 Å². The SMILES string of the molecule is Cc1ccc(Cl)cc1NC(=O)/C(C#N)=C\NCCNC(=O)OC(C)(C)C. The molecule has 0 aliphatic heterocycles. The maximum absolute atomic E-state index is 12.2. The molecule has 0 aliphatic rings. The van der Waals surface area contributed by atoms with E-state index in [1.807, 2.05) is 13.0 Å². The van der Waals surface area contributed by atoms with Gasteiger partial charge < -0.3 is 20.7 Å². The average Bonchev–Trinajstić information content (AvgIpc) is 2.52. The van der Waals surface area contributed by atoms with E-state index in [0.717, 1.165) is 5.56 Å². The van der Waals surface area contributed by atoms with Crippen LogP contribution in [0, 0.1) is 18.3 Å². The first-order valence-electron chi connectivity index (χ1n) is 8.00. The zero-order valence-electron chi connectivity index (χ0n) is 15.3. The van der Waals surface area contributed by atoms with Gasteiger partial charge in [0.25, 0.3) is 5.91 Å². The second-order valence-corrected chi connectivity index (χ2v) is 6.90. The number of amides is 2. The molecule has 0 saturated carbocycles. The summed E-state index contributed by atoms with van der Waals surface area (Å²) in [5.41, 5.74) is 0.702. The molecule has 0 heterocycles. The van der Waals surface area contributed by atoms with Crippen molar-refractivity contribution in [2.75, 3.05) is 18.4 Å². The van der Waals surface area contributed by atoms with E-state index >= 15 is 0 Å². The monoisotopic (exact) mass is 378 g/mol. The predicted molar refractivity (Wildman–Crippen MR) is 101 cm³/mol. The fourth-order valence-corrected chi connectivity index (χ4v) is 1.96. The van der Waals surface area contributed by atoms with Crippen LogP contribution < -0.4 is 16.0 Å². The Bertz CT molecular complexity index is 733. The summed E-state index contributed by atoms with van der Waals surface area (Å²) in [6.45, 7) is 7.74. The lowest BCUT2D eigenvalue weighted by atomic mass is 10.2. The first kappa shape index (κ1) is 21.3. The Morgan fingerprint density at radius 2 is 2.00 bits per heavy atom. The van der Waals surface area contributed by atoms with E-state index in [0.29, 0.717) is 17.3 Å². The summed E-state index contributed by atoms with van der Waals surface area (Å²) in [4.78, 5) is 23.6. The van der Waals surface area contributed by atoms with Crippen molar-refractivity contribution in [1.29, 1.82) is 5.26 Å². The van der Waals surface area contributed by atoms with E-state index in [9.17, 15) is 9.59 Å². The van der Waals surface area contributed by atoms with Crippen molar-refractivity contribution in [3.8, 4) is 6.07 Å². The molecular formula is C18H23ClN4O3. The zero-order chi connectivity index (χ0) is 19.7. The molecule has 0 bridgehead atoms. The van der Waals surface area contributed by atoms with Crippen molar-refractivity contribution in [3.05, 3.63) is 40.6 Å². The van der Waals surface area contributed by atoms with Crippen LogP contribution in [0.3, 0.4) is 0 Å². The third-order valence-electron chi connectivity index (χ3n) is 3.00. The molecule has 0 spiro atoms. The van der Waals surface area contributed by atoms with Crippen molar-refractivity contribution in [2.45, 2.75) is 33.3 Å². The molecule has 1 aromatic rings. The highest BCUT2D eigenvalue weighted by Crippen LogP contribution is 2.20. The maximum atomic E-state index is 12.2. The Labute approximate surface area is 158 Å². The van der Waals surface area contributed by atoms with Crippen molar-refractivity contribution >= 4 is 29.3 Å². The number of aryl methyl sites for hydroxylation is 1. The van der Waals surface area contributed by atoms with E-state index in [1.54, 1.807) is 39.0 Å². The van der Waals surface area contributed by atoms with Crippen LogP contribution in [0.5, 0.6) is 0 Å². The molecule has 0 saturated heterocycles. The highest BCUT2D eigenvalue weighted by molar-refractivity contribution is 6.31. The van der Waals surface area contributed by atoms with Crippen LogP contribution in [0.4, 0.5) is 10.5 Å². The molecule has 0 unspecified atom stereocenters. The number of alkyl carbamates (subject to hydrolysis) is 1. The number of nitrogens with one attached hydrogen (secondary N) is 3. The van der Waals surface area contributed by atoms with Gasteiger partial charge in [0.15, 0.2) is 0 Å². The summed E-state index contributed by atoms with van der Waals surface area (Å²) >= 11 is 5.91. The second-order valence-electron chi connectivity index (χ2n) is 6.47. The molecule has 0 aliphatic carbocycles. The largest absolute Gasteiger partial charge is 0.444 e. The summed E-state index contributed by atoms with van der Waals surface area (Å²) < 4.78 is 5.09. The van der Waals surface area contributed by atoms with Crippen LogP contribution in [0.15, 0.2) is 30.0 Å². The molecule has 8 heteroatoms. The molecular weight excluding hydrogens is 356 g/mol. The van der Waals surface area contributed by atoms with Gasteiger partial charge in [-0.15, -0.1) is 0 Å². The Morgan fingerprint density at radius 3 is 2.62 bits per heavy atom. The van der Waals surface area contributed by atoms with E-state index in [2.05, 4.69) is 16.0 Å². The standard InChI is InChI=1S/C18H23ClN4O3/c1-12-5-6-14(19)9-15(12)23-16(24)13(10-20)11-21-7-8-22-17(25)26-18(2,3)4/h5-6,9,11,21H,7-8H2,1-4H3,(H,22,25)(H,23,24)/b13-11-. The number of anilines is 1. The number of hydrogen-bond acceptors (Lipinski definition) is 5. The minimum absolute atomic E-state index is 0.0957. The molecule has 1 rings (SSSR count). The lowest BCUT2D eigenvalue weighted by Crippen LogP contribution is -2.35. The Hall–Kier alpha value is -2.72. The lowest BCUT2D eigenvalue weighted by molar-refractivity contribution is -0.112. The normalized spacial score (nSPS) is 11.3. The van der Waals surface area contributed by atoms with Gasteiger partial charge >= 0.3 is 6.09 Å². The van der Waals surface area contributed by atoms with Gasteiger partial charge in [-0.2, -0.15) is 5.26 Å². The number of carbonyl (C=O) groups is 2. The molecule has 0 aromatic heterocycles. The molecule has 2 amide bonds.